The first-order chi connectivity index (χ1) is 17.4. The van der Waals surface area contributed by atoms with Gasteiger partial charge in [0.25, 0.3) is 5.91 Å². The fourth-order valence-corrected chi connectivity index (χ4v) is 4.47. The second-order valence-electron chi connectivity index (χ2n) is 8.72. The van der Waals surface area contributed by atoms with Gasteiger partial charge in [0, 0.05) is 0 Å². The number of hydrogen-bond acceptors (Lipinski definition) is 5. The molecule has 0 radical (unpaired) electrons. The van der Waals surface area contributed by atoms with Crippen molar-refractivity contribution in [3.63, 3.8) is 0 Å². The van der Waals surface area contributed by atoms with Crippen LogP contribution in [0.3, 0.4) is 0 Å². The molecule has 0 atom stereocenters. The summed E-state index contributed by atoms with van der Waals surface area (Å²) in [6.45, 7) is 6.25. The van der Waals surface area contributed by atoms with Crippen molar-refractivity contribution < 1.29 is 9.59 Å². The van der Waals surface area contributed by atoms with Gasteiger partial charge in [0.05, 0.1) is 22.7 Å². The molecule has 0 saturated carbocycles. The molecule has 1 aliphatic rings. The van der Waals surface area contributed by atoms with E-state index >= 15 is 0 Å². The molecule has 3 aromatic carbocycles. The number of rotatable bonds is 6. The molecule has 2 amide bonds. The van der Waals surface area contributed by atoms with Crippen LogP contribution in [-0.4, -0.2) is 22.7 Å². The zero-order valence-corrected chi connectivity index (χ0v) is 21.2. The summed E-state index contributed by atoms with van der Waals surface area (Å²) in [7, 11) is 0. The van der Waals surface area contributed by atoms with Crippen molar-refractivity contribution >= 4 is 46.2 Å². The topological polar surface area (TPSA) is 85.6 Å². The Morgan fingerprint density at radius 1 is 1.08 bits per heavy atom. The molecule has 0 saturated heterocycles. The first-order valence-corrected chi connectivity index (χ1v) is 12.6. The number of para-hydroxylation sites is 1. The number of carbonyl (C=O) groups is 2. The van der Waals surface area contributed by atoms with Crippen LogP contribution in [0.5, 0.6) is 0 Å². The minimum absolute atomic E-state index is 0.0323. The summed E-state index contributed by atoms with van der Waals surface area (Å²) < 4.78 is 0. The Morgan fingerprint density at radius 3 is 2.44 bits per heavy atom. The van der Waals surface area contributed by atoms with Crippen LogP contribution in [0.1, 0.15) is 42.0 Å². The number of aliphatic imine (C=N–C) groups is 1. The fraction of sp³-hybridized carbons (Fsp3) is 0.172. The van der Waals surface area contributed by atoms with E-state index in [-0.39, 0.29) is 17.6 Å². The third kappa shape index (κ3) is 5.73. The molecule has 0 bridgehead atoms. The van der Waals surface area contributed by atoms with Gasteiger partial charge >= 0.3 is 0 Å². The summed E-state index contributed by atoms with van der Waals surface area (Å²) >= 11 is 1.18. The summed E-state index contributed by atoms with van der Waals surface area (Å²) in [4.78, 5) is 32.2. The van der Waals surface area contributed by atoms with E-state index in [4.69, 9.17) is 0 Å². The molecule has 7 heteroatoms. The molecule has 0 fully saturated rings. The van der Waals surface area contributed by atoms with E-state index in [1.165, 1.54) is 22.2 Å². The van der Waals surface area contributed by atoms with Crippen molar-refractivity contribution in [2.24, 2.45) is 4.99 Å². The SMILES string of the molecule is Cc1ccc(N2C(=O)C(=Cc3ccc(C(C)C)cc3)N=C2SCC(=O)Nc2ccccc2C#N)cc1. The molecule has 3 aromatic rings. The summed E-state index contributed by atoms with van der Waals surface area (Å²) in [5.41, 5.74) is 5.02. The standard InChI is InChI=1S/C29H26N4O2S/c1-19(2)22-12-10-21(11-13-22)16-26-28(35)33(24-14-8-20(3)9-15-24)29(32-26)36-18-27(34)31-25-7-5-4-6-23(25)17-30/h4-16,19H,18H2,1-3H3,(H,31,34). The van der Waals surface area contributed by atoms with Crippen LogP contribution in [0.15, 0.2) is 83.5 Å². The first kappa shape index (κ1) is 25.0. The van der Waals surface area contributed by atoms with Crippen molar-refractivity contribution in [1.29, 1.82) is 5.26 Å². The smallest absolute Gasteiger partial charge is 0.283 e. The number of aryl methyl sites for hydroxylation is 1. The Labute approximate surface area is 215 Å². The maximum atomic E-state index is 13.4. The molecule has 180 valence electrons. The number of nitrogens with zero attached hydrogens (tertiary/aromatic N) is 3. The number of benzene rings is 3. The maximum absolute atomic E-state index is 13.4. The quantitative estimate of drug-likeness (QED) is 0.419. The second-order valence-corrected chi connectivity index (χ2v) is 9.66. The predicted molar refractivity (Wildman–Crippen MR) is 147 cm³/mol. The lowest BCUT2D eigenvalue weighted by molar-refractivity contribution is -0.114. The number of amides is 2. The highest BCUT2D eigenvalue weighted by Crippen LogP contribution is 2.30. The van der Waals surface area contributed by atoms with Gasteiger partial charge in [-0.15, -0.1) is 0 Å². The van der Waals surface area contributed by atoms with Gasteiger partial charge in [-0.05, 0) is 54.3 Å². The van der Waals surface area contributed by atoms with Gasteiger partial charge in [-0.1, -0.05) is 79.7 Å². The van der Waals surface area contributed by atoms with E-state index in [9.17, 15) is 14.9 Å². The first-order valence-electron chi connectivity index (χ1n) is 11.6. The highest BCUT2D eigenvalue weighted by molar-refractivity contribution is 8.14. The molecule has 0 unspecified atom stereocenters. The highest BCUT2D eigenvalue weighted by Gasteiger charge is 2.32. The number of thioether (sulfide) groups is 1. The number of hydrogen-bond donors (Lipinski definition) is 1. The number of carbonyl (C=O) groups excluding carboxylic acids is 2. The van der Waals surface area contributed by atoms with Crippen LogP contribution in [-0.2, 0) is 9.59 Å². The Kier molecular flexibility index (Phi) is 7.67. The molecule has 1 N–H and O–H groups in total. The minimum Gasteiger partial charge on any atom is -0.324 e. The van der Waals surface area contributed by atoms with Crippen LogP contribution in [0, 0.1) is 18.3 Å². The van der Waals surface area contributed by atoms with Crippen molar-refractivity contribution in [3.05, 3.63) is 101 Å². The Hall–Kier alpha value is -4.15. The van der Waals surface area contributed by atoms with Crippen LogP contribution in [0.4, 0.5) is 11.4 Å². The van der Waals surface area contributed by atoms with Crippen LogP contribution in [0.2, 0.25) is 0 Å². The van der Waals surface area contributed by atoms with Crippen LogP contribution < -0.4 is 10.2 Å². The molecule has 0 aromatic heterocycles. The van der Waals surface area contributed by atoms with Crippen LogP contribution >= 0.6 is 11.8 Å². The monoisotopic (exact) mass is 494 g/mol. The number of nitrogens with one attached hydrogen (secondary N) is 1. The fourth-order valence-electron chi connectivity index (χ4n) is 3.66. The lowest BCUT2D eigenvalue weighted by Gasteiger charge is -2.18. The number of anilines is 2. The lowest BCUT2D eigenvalue weighted by atomic mass is 10.0. The van der Waals surface area contributed by atoms with E-state index in [1.54, 1.807) is 30.3 Å². The molecule has 0 aliphatic carbocycles. The third-order valence-corrected chi connectivity index (χ3v) is 6.62. The van der Waals surface area contributed by atoms with Crippen molar-refractivity contribution in [1.82, 2.24) is 0 Å². The molecule has 36 heavy (non-hydrogen) atoms. The van der Waals surface area contributed by atoms with E-state index < -0.39 is 0 Å². The predicted octanol–water partition coefficient (Wildman–Crippen LogP) is 6.11. The van der Waals surface area contributed by atoms with Crippen molar-refractivity contribution in [2.45, 2.75) is 26.7 Å². The normalized spacial score (nSPS) is 14.2. The summed E-state index contributed by atoms with van der Waals surface area (Å²) in [6, 6.07) is 24.6. The lowest BCUT2D eigenvalue weighted by Crippen LogP contribution is -2.31. The van der Waals surface area contributed by atoms with Crippen LogP contribution in [0.25, 0.3) is 6.08 Å². The van der Waals surface area contributed by atoms with Crippen molar-refractivity contribution in [3.8, 4) is 6.07 Å². The Bertz CT molecular complexity index is 1380. The van der Waals surface area contributed by atoms with E-state index in [2.05, 4.69) is 42.4 Å². The maximum Gasteiger partial charge on any atom is 0.283 e. The molecule has 6 nitrogen and oxygen atoms in total. The molecule has 0 spiro atoms. The summed E-state index contributed by atoms with van der Waals surface area (Å²) in [5.74, 6) is -0.0815. The summed E-state index contributed by atoms with van der Waals surface area (Å²) in [5, 5.41) is 12.5. The van der Waals surface area contributed by atoms with E-state index in [0.717, 1.165) is 11.1 Å². The molecule has 4 rings (SSSR count). The molecule has 1 aliphatic heterocycles. The zero-order chi connectivity index (χ0) is 25.7. The molecular weight excluding hydrogens is 468 g/mol. The van der Waals surface area contributed by atoms with E-state index in [1.807, 2.05) is 43.3 Å². The van der Waals surface area contributed by atoms with Gasteiger partial charge in [-0.2, -0.15) is 5.26 Å². The van der Waals surface area contributed by atoms with E-state index in [0.29, 0.717) is 33.7 Å². The third-order valence-electron chi connectivity index (χ3n) is 5.68. The number of amidine groups is 1. The summed E-state index contributed by atoms with van der Waals surface area (Å²) in [6.07, 6.45) is 1.77. The van der Waals surface area contributed by atoms with Gasteiger partial charge in [-0.25, -0.2) is 4.99 Å². The average Bonchev–Trinajstić information content (AvgIpc) is 3.18. The Balaban J connectivity index is 1.57. The van der Waals surface area contributed by atoms with Gasteiger partial charge in [0.1, 0.15) is 11.8 Å². The minimum atomic E-state index is -0.289. The van der Waals surface area contributed by atoms with Gasteiger partial charge < -0.3 is 5.32 Å². The van der Waals surface area contributed by atoms with Gasteiger partial charge in [0.2, 0.25) is 5.91 Å². The molecule has 1 heterocycles. The Morgan fingerprint density at radius 2 is 1.78 bits per heavy atom. The highest BCUT2D eigenvalue weighted by atomic mass is 32.2. The van der Waals surface area contributed by atoms with Crippen molar-refractivity contribution in [2.75, 3.05) is 16.0 Å². The average molecular weight is 495 g/mol. The number of nitriles is 1. The second kappa shape index (κ2) is 11.1. The van der Waals surface area contributed by atoms with Gasteiger partial charge in [0.15, 0.2) is 5.17 Å². The van der Waals surface area contributed by atoms with Gasteiger partial charge in [-0.3, -0.25) is 14.5 Å². The largest absolute Gasteiger partial charge is 0.324 e. The molecular formula is C29H26N4O2S. The zero-order valence-electron chi connectivity index (χ0n) is 20.4.